The van der Waals surface area contributed by atoms with Crippen LogP contribution in [0.25, 0.3) is 0 Å². The number of hydrogen-bond acceptors (Lipinski definition) is 4. The van der Waals surface area contributed by atoms with Gasteiger partial charge in [-0.25, -0.2) is 4.98 Å². The predicted molar refractivity (Wildman–Crippen MR) is 67.7 cm³/mol. The number of rotatable bonds is 8. The Balaban J connectivity index is 2.49. The first kappa shape index (κ1) is 14.4. The van der Waals surface area contributed by atoms with E-state index >= 15 is 0 Å². The van der Waals surface area contributed by atoms with Crippen molar-refractivity contribution < 1.29 is 14.0 Å². The number of imidazole rings is 1. The Bertz CT molecular complexity index is 300. The van der Waals surface area contributed by atoms with Crippen molar-refractivity contribution in [3.05, 3.63) is 18.7 Å². The van der Waals surface area contributed by atoms with Gasteiger partial charge in [0.1, 0.15) is 0 Å². The lowest BCUT2D eigenvalue weighted by Gasteiger charge is -2.30. The van der Waals surface area contributed by atoms with Crippen molar-refractivity contribution in [2.24, 2.45) is 0 Å². The highest BCUT2D eigenvalue weighted by atomic mass is 28.4. The third-order valence-electron chi connectivity index (χ3n) is 2.69. The second-order valence-corrected chi connectivity index (χ2v) is 7.26. The molecule has 1 heterocycles. The van der Waals surface area contributed by atoms with Gasteiger partial charge < -0.3 is 18.5 Å². The standard InChI is InChI=1S/C11H22N2O3Si/c1-4-15-17(3,16-5-2)11(14)6-8-13-9-7-12-10-13/h7,9-11,14H,4-6,8H2,1-3H3. The van der Waals surface area contributed by atoms with Crippen LogP contribution in [-0.4, -0.2) is 42.2 Å². The van der Waals surface area contributed by atoms with E-state index in [0.717, 1.165) is 6.54 Å². The first-order chi connectivity index (χ1) is 8.12. The van der Waals surface area contributed by atoms with Crippen molar-refractivity contribution in [2.45, 2.75) is 39.1 Å². The van der Waals surface area contributed by atoms with E-state index in [2.05, 4.69) is 4.98 Å². The van der Waals surface area contributed by atoms with E-state index in [1.165, 1.54) is 0 Å². The van der Waals surface area contributed by atoms with E-state index in [1.807, 2.05) is 31.2 Å². The largest absolute Gasteiger partial charge is 0.393 e. The third-order valence-corrected chi connectivity index (χ3v) is 5.91. The summed E-state index contributed by atoms with van der Waals surface area (Å²) in [6, 6.07) is 0. The summed E-state index contributed by atoms with van der Waals surface area (Å²) in [5.74, 6) is 0. The zero-order valence-corrected chi connectivity index (χ0v) is 11.8. The molecule has 1 atom stereocenters. The number of aliphatic hydroxyl groups excluding tert-OH is 1. The van der Waals surface area contributed by atoms with Crippen molar-refractivity contribution >= 4 is 8.56 Å². The average molecular weight is 258 g/mol. The molecule has 1 N–H and O–H groups in total. The van der Waals surface area contributed by atoms with Crippen LogP contribution in [0.5, 0.6) is 0 Å². The molecule has 0 aliphatic carbocycles. The summed E-state index contributed by atoms with van der Waals surface area (Å²) in [5, 5.41) is 10.2. The Morgan fingerprint density at radius 2 is 2.00 bits per heavy atom. The molecular formula is C11H22N2O3Si. The van der Waals surface area contributed by atoms with Crippen LogP contribution >= 0.6 is 0 Å². The van der Waals surface area contributed by atoms with E-state index in [0.29, 0.717) is 19.6 Å². The molecule has 1 unspecified atom stereocenters. The highest BCUT2D eigenvalue weighted by Crippen LogP contribution is 2.16. The van der Waals surface area contributed by atoms with Crippen LogP contribution in [0.15, 0.2) is 18.7 Å². The molecule has 5 nitrogen and oxygen atoms in total. The lowest BCUT2D eigenvalue weighted by Crippen LogP contribution is -2.51. The summed E-state index contributed by atoms with van der Waals surface area (Å²) in [5.41, 5.74) is -0.523. The van der Waals surface area contributed by atoms with E-state index < -0.39 is 14.3 Å². The smallest absolute Gasteiger partial charge is 0.364 e. The first-order valence-corrected chi connectivity index (χ1v) is 8.43. The molecule has 1 rings (SSSR count). The molecule has 0 fully saturated rings. The maximum atomic E-state index is 10.2. The predicted octanol–water partition coefficient (Wildman–Crippen LogP) is 1.32. The summed E-state index contributed by atoms with van der Waals surface area (Å²) in [6.45, 7) is 7.64. The van der Waals surface area contributed by atoms with Crippen molar-refractivity contribution in [3.63, 3.8) is 0 Å². The Labute approximate surface area is 104 Å². The summed E-state index contributed by atoms with van der Waals surface area (Å²) < 4.78 is 13.2. The van der Waals surface area contributed by atoms with E-state index in [4.69, 9.17) is 8.85 Å². The molecule has 17 heavy (non-hydrogen) atoms. The van der Waals surface area contributed by atoms with Crippen molar-refractivity contribution in [3.8, 4) is 0 Å². The molecule has 0 radical (unpaired) electrons. The second-order valence-electron chi connectivity index (χ2n) is 3.99. The molecule has 0 amide bonds. The first-order valence-electron chi connectivity index (χ1n) is 6.04. The van der Waals surface area contributed by atoms with Crippen LogP contribution in [0.1, 0.15) is 20.3 Å². The fourth-order valence-electron chi connectivity index (χ4n) is 1.76. The van der Waals surface area contributed by atoms with Crippen LogP contribution in [0.2, 0.25) is 6.55 Å². The molecule has 0 saturated heterocycles. The Hall–Kier alpha value is -0.693. The van der Waals surface area contributed by atoms with Crippen LogP contribution < -0.4 is 0 Å². The van der Waals surface area contributed by atoms with Gasteiger partial charge in [0.15, 0.2) is 0 Å². The average Bonchev–Trinajstić information content (AvgIpc) is 2.79. The molecule has 0 aliphatic rings. The minimum Gasteiger partial charge on any atom is -0.393 e. The van der Waals surface area contributed by atoms with Gasteiger partial charge in [0.2, 0.25) is 0 Å². The SMILES string of the molecule is CCO[Si](C)(OCC)C(O)CCn1ccnc1. The maximum Gasteiger partial charge on any atom is 0.364 e. The van der Waals surface area contributed by atoms with Gasteiger partial charge in [-0.3, -0.25) is 0 Å². The van der Waals surface area contributed by atoms with Gasteiger partial charge in [0.25, 0.3) is 0 Å². The third kappa shape index (κ3) is 4.23. The van der Waals surface area contributed by atoms with Crippen LogP contribution in [0.4, 0.5) is 0 Å². The van der Waals surface area contributed by atoms with Crippen LogP contribution in [0.3, 0.4) is 0 Å². The van der Waals surface area contributed by atoms with E-state index in [-0.39, 0.29) is 0 Å². The van der Waals surface area contributed by atoms with Gasteiger partial charge >= 0.3 is 8.56 Å². The summed E-state index contributed by atoms with van der Waals surface area (Å²) in [6.07, 6.45) is 5.98. The number of aliphatic hydroxyl groups is 1. The van der Waals surface area contributed by atoms with Crippen LogP contribution in [-0.2, 0) is 15.4 Å². The normalized spacial score (nSPS) is 13.9. The highest BCUT2D eigenvalue weighted by Gasteiger charge is 2.39. The quantitative estimate of drug-likeness (QED) is 0.715. The number of hydrogen-bond donors (Lipinski definition) is 1. The molecule has 1 aromatic rings. The molecular weight excluding hydrogens is 236 g/mol. The fraction of sp³-hybridized carbons (Fsp3) is 0.727. The Morgan fingerprint density at radius 3 is 2.47 bits per heavy atom. The maximum absolute atomic E-state index is 10.2. The van der Waals surface area contributed by atoms with Crippen LogP contribution in [0, 0.1) is 0 Å². The Kier molecular flexibility index (Phi) is 5.83. The topological polar surface area (TPSA) is 56.5 Å². The second kappa shape index (κ2) is 6.90. The number of aromatic nitrogens is 2. The minimum atomic E-state index is -2.46. The molecule has 6 heteroatoms. The van der Waals surface area contributed by atoms with Gasteiger partial charge in [-0.1, -0.05) is 0 Å². The monoisotopic (exact) mass is 258 g/mol. The van der Waals surface area contributed by atoms with Gasteiger partial charge in [-0.2, -0.15) is 0 Å². The summed E-state index contributed by atoms with van der Waals surface area (Å²) >= 11 is 0. The lowest BCUT2D eigenvalue weighted by atomic mass is 10.4. The lowest BCUT2D eigenvalue weighted by molar-refractivity contribution is 0.109. The van der Waals surface area contributed by atoms with Gasteiger partial charge in [-0.15, -0.1) is 0 Å². The van der Waals surface area contributed by atoms with E-state index in [1.54, 1.807) is 12.5 Å². The summed E-state index contributed by atoms with van der Waals surface area (Å²) in [4.78, 5) is 3.97. The van der Waals surface area contributed by atoms with Gasteiger partial charge in [-0.05, 0) is 26.8 Å². The molecule has 0 aliphatic heterocycles. The van der Waals surface area contributed by atoms with Gasteiger partial charge in [0, 0.05) is 32.2 Å². The summed E-state index contributed by atoms with van der Waals surface area (Å²) in [7, 11) is -2.46. The van der Waals surface area contributed by atoms with Crippen molar-refractivity contribution in [2.75, 3.05) is 13.2 Å². The molecule has 0 saturated carbocycles. The fourth-order valence-corrected chi connectivity index (χ4v) is 4.03. The minimum absolute atomic E-state index is 0.523. The highest BCUT2D eigenvalue weighted by molar-refractivity contribution is 6.67. The number of aryl methyl sites for hydroxylation is 1. The molecule has 0 aromatic carbocycles. The Morgan fingerprint density at radius 1 is 1.35 bits per heavy atom. The van der Waals surface area contributed by atoms with E-state index in [9.17, 15) is 5.11 Å². The van der Waals surface area contributed by atoms with Crippen molar-refractivity contribution in [1.29, 1.82) is 0 Å². The zero-order valence-electron chi connectivity index (χ0n) is 10.8. The van der Waals surface area contributed by atoms with Crippen molar-refractivity contribution in [1.82, 2.24) is 9.55 Å². The zero-order chi connectivity index (χ0) is 12.7. The van der Waals surface area contributed by atoms with Gasteiger partial charge in [0.05, 0.1) is 12.1 Å². The molecule has 98 valence electrons. The molecule has 0 bridgehead atoms. The molecule has 0 spiro atoms. The molecule has 1 aromatic heterocycles. The number of nitrogens with zero attached hydrogens (tertiary/aromatic N) is 2.